The highest BCUT2D eigenvalue weighted by Gasteiger charge is 2.45. The first-order valence-electron chi connectivity index (χ1n) is 11.0. The predicted octanol–water partition coefficient (Wildman–Crippen LogP) is 5.53. The standard InChI is InChI=1S/C26H29N3O2/c1-17(2)30-22-10-9-20(15-18(22)3)19(4)29-13-11-26(12-14-29)25-24(27-16-28-25)21-7-5-6-8-23(21)31-26/h5-10,15-17H,4,11-14H2,1-3H3,(H,27,28). The second kappa shape index (κ2) is 7.49. The number of hydrogen-bond donors (Lipinski definition) is 1. The number of ether oxygens (including phenoxy) is 2. The van der Waals surface area contributed by atoms with Gasteiger partial charge >= 0.3 is 0 Å². The Hall–Kier alpha value is -3.21. The van der Waals surface area contributed by atoms with Crippen LogP contribution in [0.3, 0.4) is 0 Å². The number of para-hydroxylation sites is 1. The molecule has 0 bridgehead atoms. The summed E-state index contributed by atoms with van der Waals surface area (Å²) in [7, 11) is 0. The largest absolute Gasteiger partial charge is 0.491 e. The van der Waals surface area contributed by atoms with Gasteiger partial charge in [-0.2, -0.15) is 0 Å². The fourth-order valence-corrected chi connectivity index (χ4v) is 4.74. The van der Waals surface area contributed by atoms with E-state index in [0.29, 0.717) is 0 Å². The Bertz CT molecular complexity index is 1120. The second-order valence-electron chi connectivity index (χ2n) is 8.80. The van der Waals surface area contributed by atoms with Crippen molar-refractivity contribution in [3.05, 3.63) is 72.2 Å². The topological polar surface area (TPSA) is 50.4 Å². The minimum absolute atomic E-state index is 0.165. The lowest BCUT2D eigenvalue weighted by atomic mass is 9.83. The Kier molecular flexibility index (Phi) is 4.77. The minimum atomic E-state index is -0.384. The Morgan fingerprint density at radius 2 is 1.97 bits per heavy atom. The first-order valence-corrected chi connectivity index (χ1v) is 11.0. The van der Waals surface area contributed by atoms with Crippen molar-refractivity contribution in [1.29, 1.82) is 0 Å². The molecule has 0 saturated carbocycles. The summed E-state index contributed by atoms with van der Waals surface area (Å²) in [5.74, 6) is 1.87. The number of H-pyrrole nitrogens is 1. The molecule has 1 N–H and O–H groups in total. The molecule has 1 spiro atoms. The third-order valence-corrected chi connectivity index (χ3v) is 6.36. The molecule has 5 rings (SSSR count). The molecule has 1 saturated heterocycles. The van der Waals surface area contributed by atoms with E-state index in [4.69, 9.17) is 9.47 Å². The molecule has 0 aliphatic carbocycles. The quantitative estimate of drug-likeness (QED) is 0.609. The highest BCUT2D eigenvalue weighted by atomic mass is 16.5. The molecule has 5 heteroatoms. The number of aromatic amines is 1. The zero-order chi connectivity index (χ0) is 21.6. The highest BCUT2D eigenvalue weighted by molar-refractivity contribution is 5.72. The molecule has 1 fully saturated rings. The molecular weight excluding hydrogens is 386 g/mol. The first-order chi connectivity index (χ1) is 15.0. The fraction of sp³-hybridized carbons (Fsp3) is 0.346. The molecule has 31 heavy (non-hydrogen) atoms. The first kappa shape index (κ1) is 19.7. The van der Waals surface area contributed by atoms with Gasteiger partial charge in [0, 0.05) is 37.2 Å². The van der Waals surface area contributed by atoms with Crippen molar-refractivity contribution in [2.45, 2.75) is 45.3 Å². The molecule has 0 amide bonds. The van der Waals surface area contributed by atoms with E-state index in [2.05, 4.69) is 58.7 Å². The van der Waals surface area contributed by atoms with Crippen LogP contribution in [0.4, 0.5) is 0 Å². The molecule has 0 unspecified atom stereocenters. The van der Waals surface area contributed by atoms with Crippen LogP contribution < -0.4 is 9.47 Å². The van der Waals surface area contributed by atoms with Crippen LogP contribution in [0.25, 0.3) is 17.0 Å². The number of piperidine rings is 1. The maximum Gasteiger partial charge on any atom is 0.156 e. The van der Waals surface area contributed by atoms with E-state index in [1.165, 1.54) is 0 Å². The van der Waals surface area contributed by atoms with Crippen LogP contribution in [0.5, 0.6) is 11.5 Å². The molecule has 0 atom stereocenters. The van der Waals surface area contributed by atoms with Gasteiger partial charge in [-0.1, -0.05) is 18.7 Å². The van der Waals surface area contributed by atoms with Crippen molar-refractivity contribution >= 4 is 5.70 Å². The Labute approximate surface area is 183 Å². The fourth-order valence-electron chi connectivity index (χ4n) is 4.74. The van der Waals surface area contributed by atoms with E-state index in [1.807, 2.05) is 26.0 Å². The molecule has 5 nitrogen and oxygen atoms in total. The monoisotopic (exact) mass is 415 g/mol. The molecule has 2 aliphatic heterocycles. The molecule has 2 aromatic carbocycles. The third-order valence-electron chi connectivity index (χ3n) is 6.36. The van der Waals surface area contributed by atoms with Crippen molar-refractivity contribution < 1.29 is 9.47 Å². The number of benzene rings is 2. The van der Waals surface area contributed by atoms with Crippen molar-refractivity contribution in [1.82, 2.24) is 14.9 Å². The summed E-state index contributed by atoms with van der Waals surface area (Å²) in [5, 5.41) is 0. The molecule has 160 valence electrons. The lowest BCUT2D eigenvalue weighted by molar-refractivity contribution is 0.00543. The molecule has 2 aliphatic rings. The molecular formula is C26H29N3O2. The zero-order valence-electron chi connectivity index (χ0n) is 18.4. The van der Waals surface area contributed by atoms with Gasteiger partial charge in [-0.25, -0.2) is 4.98 Å². The summed E-state index contributed by atoms with van der Waals surface area (Å²) in [6, 6.07) is 14.5. The summed E-state index contributed by atoms with van der Waals surface area (Å²) in [4.78, 5) is 10.4. The van der Waals surface area contributed by atoms with E-state index in [-0.39, 0.29) is 11.7 Å². The SMILES string of the molecule is C=C(c1ccc(OC(C)C)c(C)c1)N1CCC2(CC1)Oc1ccccc1-c1[nH]cnc12. The van der Waals surface area contributed by atoms with Crippen LogP contribution in [0.2, 0.25) is 0 Å². The highest BCUT2D eigenvalue weighted by Crippen LogP contribution is 2.48. The summed E-state index contributed by atoms with van der Waals surface area (Å²) in [5.41, 5.74) is 6.15. The van der Waals surface area contributed by atoms with Crippen molar-refractivity contribution in [3.63, 3.8) is 0 Å². The summed E-state index contributed by atoms with van der Waals surface area (Å²) >= 11 is 0. The Balaban J connectivity index is 1.34. The summed E-state index contributed by atoms with van der Waals surface area (Å²) in [6.07, 6.45) is 3.68. The van der Waals surface area contributed by atoms with Gasteiger partial charge in [0.05, 0.1) is 18.1 Å². The van der Waals surface area contributed by atoms with Crippen molar-refractivity contribution in [2.75, 3.05) is 13.1 Å². The zero-order valence-corrected chi connectivity index (χ0v) is 18.4. The van der Waals surface area contributed by atoms with Crippen molar-refractivity contribution in [3.8, 4) is 22.8 Å². The van der Waals surface area contributed by atoms with Gasteiger partial charge in [0.2, 0.25) is 0 Å². The molecule has 1 aromatic heterocycles. The lowest BCUT2D eigenvalue weighted by Crippen LogP contribution is -2.46. The van der Waals surface area contributed by atoms with Crippen LogP contribution in [0.1, 0.15) is 43.5 Å². The van der Waals surface area contributed by atoms with Crippen LogP contribution in [-0.4, -0.2) is 34.1 Å². The maximum atomic E-state index is 6.60. The van der Waals surface area contributed by atoms with Gasteiger partial charge < -0.3 is 19.4 Å². The Morgan fingerprint density at radius 1 is 1.19 bits per heavy atom. The van der Waals surface area contributed by atoms with Crippen LogP contribution in [0, 0.1) is 6.92 Å². The van der Waals surface area contributed by atoms with Crippen molar-refractivity contribution in [2.24, 2.45) is 0 Å². The maximum absolute atomic E-state index is 6.60. The summed E-state index contributed by atoms with van der Waals surface area (Å²) in [6.45, 7) is 12.3. The third kappa shape index (κ3) is 3.38. The normalized spacial score (nSPS) is 16.6. The molecule has 0 radical (unpaired) electrons. The number of nitrogens with one attached hydrogen (secondary N) is 1. The second-order valence-corrected chi connectivity index (χ2v) is 8.80. The number of hydrogen-bond acceptors (Lipinski definition) is 4. The van der Waals surface area contributed by atoms with E-state index in [0.717, 1.165) is 71.2 Å². The average Bonchev–Trinajstić information content (AvgIpc) is 3.27. The lowest BCUT2D eigenvalue weighted by Gasteiger charge is -2.44. The number of likely N-dealkylation sites (tertiary alicyclic amines) is 1. The molecule has 3 aromatic rings. The average molecular weight is 416 g/mol. The molecule has 3 heterocycles. The van der Waals surface area contributed by atoms with Crippen LogP contribution >= 0.6 is 0 Å². The number of imidazole rings is 1. The number of nitrogens with zero attached hydrogens (tertiary/aromatic N) is 2. The number of aromatic nitrogens is 2. The van der Waals surface area contributed by atoms with Gasteiger partial charge in [-0.3, -0.25) is 0 Å². The van der Waals surface area contributed by atoms with Crippen LogP contribution in [-0.2, 0) is 5.60 Å². The van der Waals surface area contributed by atoms with E-state index in [9.17, 15) is 0 Å². The Morgan fingerprint density at radius 3 is 2.71 bits per heavy atom. The summed E-state index contributed by atoms with van der Waals surface area (Å²) < 4.78 is 12.5. The van der Waals surface area contributed by atoms with E-state index < -0.39 is 0 Å². The smallest absolute Gasteiger partial charge is 0.156 e. The number of rotatable bonds is 4. The van der Waals surface area contributed by atoms with E-state index >= 15 is 0 Å². The van der Waals surface area contributed by atoms with E-state index in [1.54, 1.807) is 6.33 Å². The predicted molar refractivity (Wildman–Crippen MR) is 123 cm³/mol. The van der Waals surface area contributed by atoms with Gasteiger partial charge in [0.25, 0.3) is 0 Å². The van der Waals surface area contributed by atoms with Gasteiger partial charge in [0.15, 0.2) is 5.60 Å². The number of aryl methyl sites for hydroxylation is 1. The van der Waals surface area contributed by atoms with Crippen LogP contribution in [0.15, 0.2) is 55.4 Å². The van der Waals surface area contributed by atoms with Gasteiger partial charge in [0.1, 0.15) is 17.2 Å². The van der Waals surface area contributed by atoms with Gasteiger partial charge in [-0.15, -0.1) is 0 Å². The minimum Gasteiger partial charge on any atom is -0.491 e. The number of fused-ring (bicyclic) bond motifs is 4. The van der Waals surface area contributed by atoms with Gasteiger partial charge in [-0.05, 0) is 62.2 Å².